The SMILES string of the molecule is CC1CN(C(=O)c2cccn2C2CCNCC2)C(C)CO1. The first-order valence-electron chi connectivity index (χ1n) is 7.97. The largest absolute Gasteiger partial charge is 0.375 e. The molecule has 0 aliphatic carbocycles. The van der Waals surface area contributed by atoms with Crippen LogP contribution in [0.2, 0.25) is 0 Å². The molecule has 5 nitrogen and oxygen atoms in total. The van der Waals surface area contributed by atoms with E-state index < -0.39 is 0 Å². The van der Waals surface area contributed by atoms with Crippen molar-refractivity contribution in [3.63, 3.8) is 0 Å². The molecule has 2 aliphatic rings. The van der Waals surface area contributed by atoms with Crippen LogP contribution in [0, 0.1) is 0 Å². The third kappa shape index (κ3) is 2.99. The van der Waals surface area contributed by atoms with Crippen LogP contribution in [0.25, 0.3) is 0 Å². The summed E-state index contributed by atoms with van der Waals surface area (Å²) in [6.07, 6.45) is 4.35. The van der Waals surface area contributed by atoms with Gasteiger partial charge >= 0.3 is 0 Å². The third-order valence-electron chi connectivity index (χ3n) is 4.57. The standard InChI is InChI=1S/C16H25N3O2/c1-12-11-21-13(2)10-19(12)16(20)15-4-3-9-18(15)14-5-7-17-8-6-14/h3-4,9,12-14,17H,5-8,10-11H2,1-2H3. The Morgan fingerprint density at radius 3 is 2.86 bits per heavy atom. The van der Waals surface area contributed by atoms with E-state index in [2.05, 4.69) is 23.0 Å². The Hall–Kier alpha value is -1.33. The van der Waals surface area contributed by atoms with Gasteiger partial charge in [-0.3, -0.25) is 4.79 Å². The summed E-state index contributed by atoms with van der Waals surface area (Å²) in [6.45, 7) is 7.45. The average molecular weight is 291 g/mol. The minimum absolute atomic E-state index is 0.118. The molecule has 1 amide bonds. The van der Waals surface area contributed by atoms with Crippen LogP contribution >= 0.6 is 0 Å². The first-order valence-corrected chi connectivity index (χ1v) is 7.97. The molecule has 2 atom stereocenters. The number of ether oxygens (including phenoxy) is 1. The summed E-state index contributed by atoms with van der Waals surface area (Å²) in [6, 6.07) is 4.53. The Morgan fingerprint density at radius 1 is 1.33 bits per heavy atom. The van der Waals surface area contributed by atoms with Crippen molar-refractivity contribution in [3.8, 4) is 0 Å². The maximum absolute atomic E-state index is 12.9. The summed E-state index contributed by atoms with van der Waals surface area (Å²) >= 11 is 0. The van der Waals surface area contributed by atoms with Gasteiger partial charge in [-0.1, -0.05) is 0 Å². The van der Waals surface area contributed by atoms with Crippen LogP contribution in [0.5, 0.6) is 0 Å². The number of rotatable bonds is 2. The maximum Gasteiger partial charge on any atom is 0.270 e. The lowest BCUT2D eigenvalue weighted by atomic mass is 10.1. The van der Waals surface area contributed by atoms with Crippen LogP contribution in [-0.2, 0) is 4.74 Å². The average Bonchev–Trinajstić information content (AvgIpc) is 2.99. The van der Waals surface area contributed by atoms with Gasteiger partial charge in [0, 0.05) is 18.8 Å². The molecular formula is C16H25N3O2. The third-order valence-corrected chi connectivity index (χ3v) is 4.57. The second-order valence-electron chi connectivity index (χ2n) is 6.23. The molecule has 3 rings (SSSR count). The molecule has 2 fully saturated rings. The lowest BCUT2D eigenvalue weighted by Gasteiger charge is -2.37. The summed E-state index contributed by atoms with van der Waals surface area (Å²) in [5.74, 6) is 0.140. The number of hydrogen-bond acceptors (Lipinski definition) is 3. The molecule has 1 aromatic heterocycles. The molecule has 3 heterocycles. The zero-order chi connectivity index (χ0) is 14.8. The van der Waals surface area contributed by atoms with Crippen LogP contribution in [0.15, 0.2) is 18.3 Å². The highest BCUT2D eigenvalue weighted by Gasteiger charge is 2.30. The van der Waals surface area contributed by atoms with E-state index in [1.807, 2.05) is 24.0 Å². The Balaban J connectivity index is 1.79. The number of nitrogens with one attached hydrogen (secondary N) is 1. The van der Waals surface area contributed by atoms with Crippen molar-refractivity contribution in [1.29, 1.82) is 0 Å². The molecule has 116 valence electrons. The van der Waals surface area contributed by atoms with Crippen molar-refractivity contribution in [2.75, 3.05) is 26.2 Å². The van der Waals surface area contributed by atoms with Crippen molar-refractivity contribution in [2.45, 2.75) is 44.9 Å². The van der Waals surface area contributed by atoms with E-state index in [0.717, 1.165) is 31.6 Å². The highest BCUT2D eigenvalue weighted by atomic mass is 16.5. The monoisotopic (exact) mass is 291 g/mol. The first kappa shape index (κ1) is 14.6. The molecule has 21 heavy (non-hydrogen) atoms. The molecule has 2 unspecified atom stereocenters. The molecule has 0 radical (unpaired) electrons. The van der Waals surface area contributed by atoms with Crippen molar-refractivity contribution in [3.05, 3.63) is 24.0 Å². The summed E-state index contributed by atoms with van der Waals surface area (Å²) in [7, 11) is 0. The van der Waals surface area contributed by atoms with Gasteiger partial charge in [0.15, 0.2) is 0 Å². The normalized spacial score (nSPS) is 27.8. The van der Waals surface area contributed by atoms with Crippen molar-refractivity contribution in [1.82, 2.24) is 14.8 Å². The fraction of sp³-hybridized carbons (Fsp3) is 0.688. The predicted octanol–water partition coefficient (Wildman–Crippen LogP) is 1.66. The maximum atomic E-state index is 12.9. The van der Waals surface area contributed by atoms with Crippen molar-refractivity contribution < 1.29 is 9.53 Å². The molecule has 2 saturated heterocycles. The fourth-order valence-electron chi connectivity index (χ4n) is 3.31. The summed E-state index contributed by atoms with van der Waals surface area (Å²) in [5.41, 5.74) is 0.822. The van der Waals surface area contributed by atoms with Gasteiger partial charge < -0.3 is 19.5 Å². The number of piperidine rings is 1. The number of morpholine rings is 1. The van der Waals surface area contributed by atoms with E-state index >= 15 is 0 Å². The Morgan fingerprint density at radius 2 is 2.10 bits per heavy atom. The fourth-order valence-corrected chi connectivity index (χ4v) is 3.31. The van der Waals surface area contributed by atoms with Crippen LogP contribution < -0.4 is 5.32 Å². The minimum Gasteiger partial charge on any atom is -0.375 e. The van der Waals surface area contributed by atoms with Crippen LogP contribution in [0.4, 0.5) is 0 Å². The molecule has 0 aromatic carbocycles. The number of aromatic nitrogens is 1. The van der Waals surface area contributed by atoms with Crippen LogP contribution in [0.3, 0.4) is 0 Å². The molecule has 1 N–H and O–H groups in total. The smallest absolute Gasteiger partial charge is 0.270 e. The molecule has 0 spiro atoms. The summed E-state index contributed by atoms with van der Waals surface area (Å²) in [5, 5.41) is 3.38. The van der Waals surface area contributed by atoms with Crippen molar-refractivity contribution >= 4 is 5.91 Å². The topological polar surface area (TPSA) is 46.5 Å². The highest BCUT2D eigenvalue weighted by molar-refractivity contribution is 5.93. The Bertz CT molecular complexity index is 493. The van der Waals surface area contributed by atoms with E-state index in [4.69, 9.17) is 4.74 Å². The summed E-state index contributed by atoms with van der Waals surface area (Å²) < 4.78 is 7.80. The Kier molecular flexibility index (Phi) is 4.31. The number of hydrogen-bond donors (Lipinski definition) is 1. The van der Waals surface area contributed by atoms with Crippen LogP contribution in [0.1, 0.15) is 43.2 Å². The van der Waals surface area contributed by atoms with Gasteiger partial charge in [-0.15, -0.1) is 0 Å². The zero-order valence-corrected chi connectivity index (χ0v) is 12.9. The highest BCUT2D eigenvalue weighted by Crippen LogP contribution is 2.23. The second kappa shape index (κ2) is 6.20. The van der Waals surface area contributed by atoms with E-state index in [1.54, 1.807) is 0 Å². The second-order valence-corrected chi connectivity index (χ2v) is 6.23. The van der Waals surface area contributed by atoms with Gasteiger partial charge in [0.05, 0.1) is 18.8 Å². The van der Waals surface area contributed by atoms with E-state index in [9.17, 15) is 4.79 Å². The van der Waals surface area contributed by atoms with Gasteiger partial charge in [-0.2, -0.15) is 0 Å². The number of nitrogens with zero attached hydrogens (tertiary/aromatic N) is 2. The lowest BCUT2D eigenvalue weighted by molar-refractivity contribution is -0.0391. The first-order chi connectivity index (χ1) is 10.2. The minimum atomic E-state index is 0.118. The number of carbonyl (C=O) groups excluding carboxylic acids is 1. The van der Waals surface area contributed by atoms with Gasteiger partial charge in [0.2, 0.25) is 0 Å². The zero-order valence-electron chi connectivity index (χ0n) is 12.9. The van der Waals surface area contributed by atoms with Crippen LogP contribution in [-0.4, -0.2) is 53.8 Å². The van der Waals surface area contributed by atoms with E-state index in [-0.39, 0.29) is 18.1 Å². The quantitative estimate of drug-likeness (QED) is 0.901. The summed E-state index contributed by atoms with van der Waals surface area (Å²) in [4.78, 5) is 14.9. The van der Waals surface area contributed by atoms with Gasteiger partial charge in [0.25, 0.3) is 5.91 Å². The van der Waals surface area contributed by atoms with E-state index in [1.165, 1.54) is 0 Å². The van der Waals surface area contributed by atoms with E-state index in [0.29, 0.717) is 19.2 Å². The molecule has 0 saturated carbocycles. The predicted molar refractivity (Wildman–Crippen MR) is 81.5 cm³/mol. The van der Waals surface area contributed by atoms with Crippen molar-refractivity contribution in [2.24, 2.45) is 0 Å². The number of carbonyl (C=O) groups is 1. The Labute approximate surface area is 126 Å². The molecule has 2 aliphatic heterocycles. The van der Waals surface area contributed by atoms with Gasteiger partial charge in [0.1, 0.15) is 5.69 Å². The lowest BCUT2D eigenvalue weighted by Crippen LogP contribution is -2.50. The molecule has 5 heteroatoms. The van der Waals surface area contributed by atoms with Gasteiger partial charge in [-0.25, -0.2) is 0 Å². The molecular weight excluding hydrogens is 266 g/mol. The molecule has 0 bridgehead atoms. The van der Waals surface area contributed by atoms with Gasteiger partial charge in [-0.05, 0) is 51.9 Å². The molecule has 1 aromatic rings. The number of amides is 1.